The maximum absolute atomic E-state index is 11.0. The van der Waals surface area contributed by atoms with Crippen molar-refractivity contribution in [1.82, 2.24) is 0 Å². The Bertz CT molecular complexity index is 230. The van der Waals surface area contributed by atoms with E-state index in [1.807, 2.05) is 6.92 Å². The molecule has 0 aromatic rings. The third kappa shape index (κ3) is 1.94. The molecule has 1 unspecified atom stereocenters. The Morgan fingerprint density at radius 3 is 2.75 bits per heavy atom. The fourth-order valence-corrected chi connectivity index (χ4v) is 1.17. The molecular formula is C9H12O3. The van der Waals surface area contributed by atoms with Gasteiger partial charge in [0.2, 0.25) is 0 Å². The van der Waals surface area contributed by atoms with E-state index in [-0.39, 0.29) is 12.3 Å². The van der Waals surface area contributed by atoms with Gasteiger partial charge in [0.25, 0.3) is 0 Å². The molecule has 0 aromatic carbocycles. The fraction of sp³-hybridized carbons (Fsp3) is 0.556. The lowest BCUT2D eigenvalue weighted by Gasteiger charge is -2.04. The molecule has 3 nitrogen and oxygen atoms in total. The average Bonchev–Trinajstić information content (AvgIpc) is 2.30. The second kappa shape index (κ2) is 3.52. The summed E-state index contributed by atoms with van der Waals surface area (Å²) in [6.45, 7) is 5.75. The molecule has 3 heteroatoms. The fourth-order valence-electron chi connectivity index (χ4n) is 1.17. The minimum Gasteiger partial charge on any atom is -0.393 e. The number of allylic oxidation sites excluding steroid dienone is 1. The number of hydrogen-bond donors (Lipinski definition) is 0. The molecule has 0 bridgehead atoms. The predicted octanol–water partition coefficient (Wildman–Crippen LogP) is 1.43. The SMILES string of the molecule is C=C(CC)CC1CC(=O)OC1=O. The summed E-state index contributed by atoms with van der Waals surface area (Å²) in [7, 11) is 0. The molecule has 0 radical (unpaired) electrons. The first-order valence-electron chi connectivity index (χ1n) is 4.04. The van der Waals surface area contributed by atoms with Crippen LogP contribution >= 0.6 is 0 Å². The van der Waals surface area contributed by atoms with Crippen LogP contribution in [0.3, 0.4) is 0 Å². The average molecular weight is 168 g/mol. The number of hydrogen-bond acceptors (Lipinski definition) is 3. The molecule has 66 valence electrons. The lowest BCUT2D eigenvalue weighted by atomic mass is 9.98. The normalized spacial score (nSPS) is 22.6. The summed E-state index contributed by atoms with van der Waals surface area (Å²) >= 11 is 0. The Hall–Kier alpha value is -1.12. The van der Waals surface area contributed by atoms with Gasteiger partial charge in [-0.05, 0) is 12.8 Å². The van der Waals surface area contributed by atoms with Gasteiger partial charge in [0.05, 0.1) is 12.3 Å². The minimum atomic E-state index is -0.408. The van der Waals surface area contributed by atoms with Crippen LogP contribution < -0.4 is 0 Å². The van der Waals surface area contributed by atoms with E-state index in [2.05, 4.69) is 11.3 Å². The number of cyclic esters (lactones) is 2. The molecule has 1 heterocycles. The lowest BCUT2D eigenvalue weighted by molar-refractivity contribution is -0.153. The third-order valence-electron chi connectivity index (χ3n) is 2.00. The number of esters is 2. The molecule has 12 heavy (non-hydrogen) atoms. The maximum Gasteiger partial charge on any atom is 0.317 e. The zero-order chi connectivity index (χ0) is 9.14. The molecule has 1 atom stereocenters. The molecule has 0 N–H and O–H groups in total. The monoisotopic (exact) mass is 168 g/mol. The predicted molar refractivity (Wildman–Crippen MR) is 43.3 cm³/mol. The van der Waals surface area contributed by atoms with Crippen molar-refractivity contribution in [2.75, 3.05) is 0 Å². The first-order valence-corrected chi connectivity index (χ1v) is 4.04. The van der Waals surface area contributed by atoms with Gasteiger partial charge in [-0.25, -0.2) is 0 Å². The van der Waals surface area contributed by atoms with E-state index in [9.17, 15) is 9.59 Å². The Kier molecular flexibility index (Phi) is 2.63. The van der Waals surface area contributed by atoms with Crippen molar-refractivity contribution in [3.8, 4) is 0 Å². The van der Waals surface area contributed by atoms with Crippen LogP contribution in [0.25, 0.3) is 0 Å². The Morgan fingerprint density at radius 1 is 1.67 bits per heavy atom. The second-order valence-electron chi connectivity index (χ2n) is 3.00. The van der Waals surface area contributed by atoms with Gasteiger partial charge < -0.3 is 4.74 Å². The van der Waals surface area contributed by atoms with Crippen molar-refractivity contribution < 1.29 is 14.3 Å². The van der Waals surface area contributed by atoms with Crippen molar-refractivity contribution in [1.29, 1.82) is 0 Å². The first kappa shape index (κ1) is 8.97. The highest BCUT2D eigenvalue weighted by molar-refractivity contribution is 5.94. The molecule has 0 spiro atoms. The van der Waals surface area contributed by atoms with E-state index in [4.69, 9.17) is 0 Å². The highest BCUT2D eigenvalue weighted by atomic mass is 16.6. The number of carbonyl (C=O) groups excluding carboxylic acids is 2. The molecule has 1 fully saturated rings. The summed E-state index contributed by atoms with van der Waals surface area (Å²) in [6, 6.07) is 0. The third-order valence-corrected chi connectivity index (χ3v) is 2.00. The van der Waals surface area contributed by atoms with E-state index in [0.717, 1.165) is 12.0 Å². The quantitative estimate of drug-likeness (QED) is 0.364. The Labute approximate surface area is 71.4 Å². The molecule has 1 aliphatic heterocycles. The summed E-state index contributed by atoms with van der Waals surface area (Å²) in [5.41, 5.74) is 0.992. The maximum atomic E-state index is 11.0. The minimum absolute atomic E-state index is 0.220. The van der Waals surface area contributed by atoms with Gasteiger partial charge in [-0.2, -0.15) is 0 Å². The summed E-state index contributed by atoms with van der Waals surface area (Å²) in [5, 5.41) is 0. The second-order valence-corrected chi connectivity index (χ2v) is 3.00. The van der Waals surface area contributed by atoms with Crippen LogP contribution in [-0.4, -0.2) is 11.9 Å². The van der Waals surface area contributed by atoms with Crippen molar-refractivity contribution in [2.45, 2.75) is 26.2 Å². The largest absolute Gasteiger partial charge is 0.393 e. The molecule has 1 rings (SSSR count). The number of rotatable bonds is 3. The standard InChI is InChI=1S/C9H12O3/c1-3-6(2)4-7-5-8(10)12-9(7)11/h7H,2-5H2,1H3. The van der Waals surface area contributed by atoms with Gasteiger partial charge in [-0.3, -0.25) is 9.59 Å². The van der Waals surface area contributed by atoms with Crippen LogP contribution in [0.4, 0.5) is 0 Å². The van der Waals surface area contributed by atoms with E-state index >= 15 is 0 Å². The van der Waals surface area contributed by atoms with Crippen LogP contribution in [0.5, 0.6) is 0 Å². The number of ether oxygens (including phenoxy) is 1. The molecule has 0 aliphatic carbocycles. The van der Waals surface area contributed by atoms with Gasteiger partial charge in [0.15, 0.2) is 0 Å². The summed E-state index contributed by atoms with van der Waals surface area (Å²) in [6.07, 6.45) is 1.65. The summed E-state index contributed by atoms with van der Waals surface area (Å²) in [5.74, 6) is -1.08. The Morgan fingerprint density at radius 2 is 2.33 bits per heavy atom. The summed E-state index contributed by atoms with van der Waals surface area (Å²) in [4.78, 5) is 21.6. The van der Waals surface area contributed by atoms with E-state index < -0.39 is 11.9 Å². The molecule has 0 amide bonds. The summed E-state index contributed by atoms with van der Waals surface area (Å²) < 4.78 is 4.40. The molecule has 0 aromatic heterocycles. The molecular weight excluding hydrogens is 156 g/mol. The Balaban J connectivity index is 2.48. The van der Waals surface area contributed by atoms with Crippen molar-refractivity contribution in [3.05, 3.63) is 12.2 Å². The van der Waals surface area contributed by atoms with Crippen LogP contribution in [0.2, 0.25) is 0 Å². The van der Waals surface area contributed by atoms with E-state index in [1.165, 1.54) is 0 Å². The zero-order valence-electron chi connectivity index (χ0n) is 7.13. The van der Waals surface area contributed by atoms with Gasteiger partial charge in [0.1, 0.15) is 0 Å². The van der Waals surface area contributed by atoms with Crippen LogP contribution in [0.15, 0.2) is 12.2 Å². The van der Waals surface area contributed by atoms with Gasteiger partial charge in [-0.1, -0.05) is 19.1 Å². The highest BCUT2D eigenvalue weighted by Gasteiger charge is 2.33. The van der Waals surface area contributed by atoms with Crippen molar-refractivity contribution in [3.63, 3.8) is 0 Å². The molecule has 1 aliphatic rings. The molecule has 0 saturated carbocycles. The van der Waals surface area contributed by atoms with Gasteiger partial charge in [0, 0.05) is 0 Å². The van der Waals surface area contributed by atoms with Gasteiger partial charge >= 0.3 is 11.9 Å². The highest BCUT2D eigenvalue weighted by Crippen LogP contribution is 2.23. The zero-order valence-corrected chi connectivity index (χ0v) is 7.13. The van der Waals surface area contributed by atoms with E-state index in [0.29, 0.717) is 6.42 Å². The smallest absolute Gasteiger partial charge is 0.317 e. The topological polar surface area (TPSA) is 43.4 Å². The van der Waals surface area contributed by atoms with Gasteiger partial charge in [-0.15, -0.1) is 0 Å². The molecule has 1 saturated heterocycles. The van der Waals surface area contributed by atoms with Crippen molar-refractivity contribution >= 4 is 11.9 Å². The van der Waals surface area contributed by atoms with Crippen LogP contribution in [0, 0.1) is 5.92 Å². The number of carbonyl (C=O) groups is 2. The van der Waals surface area contributed by atoms with Crippen molar-refractivity contribution in [2.24, 2.45) is 5.92 Å². The lowest BCUT2D eigenvalue weighted by Crippen LogP contribution is -2.07. The first-order chi connectivity index (χ1) is 5.63. The van der Waals surface area contributed by atoms with Crippen LogP contribution in [0.1, 0.15) is 26.2 Å². The van der Waals surface area contributed by atoms with Crippen LogP contribution in [-0.2, 0) is 14.3 Å². The van der Waals surface area contributed by atoms with E-state index in [1.54, 1.807) is 0 Å².